The molecule has 0 saturated carbocycles. The lowest BCUT2D eigenvalue weighted by molar-refractivity contribution is 0.309. The van der Waals surface area contributed by atoms with Gasteiger partial charge < -0.3 is 15.1 Å². The standard InChI is InChI=1S/C20H27N7/c1-26-7-6-18-16(13-26)8-19(24-22-18)21-10-14-11-27(12-14)20-9-15-4-2-3-5-17(15)23-25-20/h8-9,14H,2-7,10-13H2,1H3,(H,21,24). The maximum atomic E-state index is 4.46. The van der Waals surface area contributed by atoms with Crippen LogP contribution in [0.2, 0.25) is 0 Å². The number of nitrogens with one attached hydrogen (secondary N) is 1. The van der Waals surface area contributed by atoms with Gasteiger partial charge in [0, 0.05) is 45.1 Å². The van der Waals surface area contributed by atoms with Gasteiger partial charge in [0.05, 0.1) is 11.4 Å². The van der Waals surface area contributed by atoms with Crippen LogP contribution in [0, 0.1) is 5.92 Å². The molecular weight excluding hydrogens is 338 g/mol. The summed E-state index contributed by atoms with van der Waals surface area (Å²) in [5.74, 6) is 2.56. The largest absolute Gasteiger partial charge is 0.368 e. The van der Waals surface area contributed by atoms with E-state index in [9.17, 15) is 0 Å². The molecule has 0 aromatic carbocycles. The summed E-state index contributed by atoms with van der Waals surface area (Å²) in [6.07, 6.45) is 5.77. The number of aryl methyl sites for hydroxylation is 2. The number of likely N-dealkylation sites (N-methyl/N-ethyl adjacent to an activating group) is 1. The minimum atomic E-state index is 0.614. The second kappa shape index (κ2) is 7.03. The Kier molecular flexibility index (Phi) is 4.39. The van der Waals surface area contributed by atoms with Gasteiger partial charge in [-0.2, -0.15) is 10.2 Å². The van der Waals surface area contributed by atoms with E-state index in [1.165, 1.54) is 29.7 Å². The van der Waals surface area contributed by atoms with Gasteiger partial charge in [0.2, 0.25) is 0 Å². The first-order chi connectivity index (χ1) is 13.2. The van der Waals surface area contributed by atoms with Crippen molar-refractivity contribution in [3.63, 3.8) is 0 Å². The van der Waals surface area contributed by atoms with Crippen LogP contribution in [0.25, 0.3) is 0 Å². The third-order valence-electron chi connectivity index (χ3n) is 6.04. The quantitative estimate of drug-likeness (QED) is 0.884. The van der Waals surface area contributed by atoms with Crippen molar-refractivity contribution in [1.29, 1.82) is 0 Å². The fourth-order valence-electron chi connectivity index (χ4n) is 4.32. The van der Waals surface area contributed by atoms with E-state index >= 15 is 0 Å². The van der Waals surface area contributed by atoms with Gasteiger partial charge in [-0.3, -0.25) is 0 Å². The molecule has 2 aliphatic heterocycles. The fourth-order valence-corrected chi connectivity index (χ4v) is 4.32. The van der Waals surface area contributed by atoms with E-state index in [1.54, 1.807) is 0 Å². The molecule has 7 heteroatoms. The first kappa shape index (κ1) is 16.9. The molecule has 1 fully saturated rings. The zero-order valence-corrected chi connectivity index (χ0v) is 16.0. The van der Waals surface area contributed by atoms with Crippen molar-refractivity contribution in [1.82, 2.24) is 25.3 Å². The zero-order valence-electron chi connectivity index (χ0n) is 16.0. The zero-order chi connectivity index (χ0) is 18.2. The van der Waals surface area contributed by atoms with Gasteiger partial charge in [-0.1, -0.05) is 0 Å². The SMILES string of the molecule is CN1CCc2nnc(NCC3CN(c4cc5c(nn4)CCCC5)C3)cc2C1. The van der Waals surface area contributed by atoms with Crippen LogP contribution >= 0.6 is 0 Å². The van der Waals surface area contributed by atoms with Crippen molar-refractivity contribution in [3.05, 3.63) is 34.6 Å². The molecule has 0 radical (unpaired) electrons. The molecule has 0 spiro atoms. The minimum Gasteiger partial charge on any atom is -0.368 e. The first-order valence-corrected chi connectivity index (χ1v) is 10.1. The van der Waals surface area contributed by atoms with Crippen molar-refractivity contribution < 1.29 is 0 Å². The summed E-state index contributed by atoms with van der Waals surface area (Å²) in [4.78, 5) is 4.67. The molecule has 2 aromatic heterocycles. The molecule has 1 N–H and O–H groups in total. The van der Waals surface area contributed by atoms with Crippen molar-refractivity contribution in [2.75, 3.05) is 43.4 Å². The molecule has 0 bridgehead atoms. The van der Waals surface area contributed by atoms with Crippen molar-refractivity contribution >= 4 is 11.6 Å². The van der Waals surface area contributed by atoms with Crippen LogP contribution in [0.15, 0.2) is 12.1 Å². The van der Waals surface area contributed by atoms with Gasteiger partial charge in [0.15, 0.2) is 5.82 Å². The summed E-state index contributed by atoms with van der Waals surface area (Å²) < 4.78 is 0. The Balaban J connectivity index is 1.15. The van der Waals surface area contributed by atoms with Crippen LogP contribution in [0.3, 0.4) is 0 Å². The lowest BCUT2D eigenvalue weighted by Crippen LogP contribution is -2.50. The highest BCUT2D eigenvalue weighted by atomic mass is 15.3. The first-order valence-electron chi connectivity index (χ1n) is 10.1. The summed E-state index contributed by atoms with van der Waals surface area (Å²) in [6.45, 7) is 5.02. The molecule has 2 aromatic rings. The number of rotatable bonds is 4. The Hall–Kier alpha value is -2.28. The maximum Gasteiger partial charge on any atom is 0.151 e. The molecule has 1 aliphatic carbocycles. The summed E-state index contributed by atoms with van der Waals surface area (Å²) >= 11 is 0. The number of aromatic nitrogens is 4. The minimum absolute atomic E-state index is 0.614. The highest BCUT2D eigenvalue weighted by molar-refractivity contribution is 5.45. The van der Waals surface area contributed by atoms with Crippen LogP contribution in [0.1, 0.15) is 35.4 Å². The lowest BCUT2D eigenvalue weighted by Gasteiger charge is -2.40. The van der Waals surface area contributed by atoms with Gasteiger partial charge in [0.25, 0.3) is 0 Å². The average molecular weight is 365 g/mol. The van der Waals surface area contributed by atoms with E-state index in [2.05, 4.69) is 54.7 Å². The fraction of sp³-hybridized carbons (Fsp3) is 0.600. The number of anilines is 2. The molecule has 0 unspecified atom stereocenters. The van der Waals surface area contributed by atoms with Crippen LogP contribution in [0.5, 0.6) is 0 Å². The molecule has 3 aliphatic rings. The van der Waals surface area contributed by atoms with Crippen LogP contribution in [-0.2, 0) is 25.8 Å². The van der Waals surface area contributed by atoms with Crippen LogP contribution in [0.4, 0.5) is 11.6 Å². The van der Waals surface area contributed by atoms with E-state index in [4.69, 9.17) is 0 Å². The van der Waals surface area contributed by atoms with E-state index in [0.717, 1.165) is 69.3 Å². The normalized spacial score (nSPS) is 20.0. The molecule has 5 rings (SSSR count). The molecule has 4 heterocycles. The van der Waals surface area contributed by atoms with E-state index in [1.807, 2.05) is 0 Å². The van der Waals surface area contributed by atoms with Gasteiger partial charge in [-0.25, -0.2) is 0 Å². The molecule has 0 amide bonds. The van der Waals surface area contributed by atoms with Crippen LogP contribution in [-0.4, -0.2) is 58.5 Å². The Labute approximate surface area is 160 Å². The second-order valence-electron chi connectivity index (χ2n) is 8.22. The van der Waals surface area contributed by atoms with E-state index in [0.29, 0.717) is 5.92 Å². The molecule has 0 atom stereocenters. The molecule has 1 saturated heterocycles. The third kappa shape index (κ3) is 3.48. The highest BCUT2D eigenvalue weighted by Gasteiger charge is 2.29. The summed E-state index contributed by atoms with van der Waals surface area (Å²) in [6, 6.07) is 4.43. The number of hydrogen-bond acceptors (Lipinski definition) is 7. The van der Waals surface area contributed by atoms with Crippen molar-refractivity contribution in [2.24, 2.45) is 5.92 Å². The summed E-state index contributed by atoms with van der Waals surface area (Å²) in [5, 5.41) is 21.2. The summed E-state index contributed by atoms with van der Waals surface area (Å²) in [7, 11) is 2.16. The summed E-state index contributed by atoms with van der Waals surface area (Å²) in [5.41, 5.74) is 5.07. The monoisotopic (exact) mass is 365 g/mol. The third-order valence-corrected chi connectivity index (χ3v) is 6.04. The van der Waals surface area contributed by atoms with Gasteiger partial charge in [-0.05, 0) is 56.0 Å². The Morgan fingerprint density at radius 3 is 2.70 bits per heavy atom. The van der Waals surface area contributed by atoms with Gasteiger partial charge >= 0.3 is 0 Å². The number of hydrogen-bond donors (Lipinski definition) is 1. The van der Waals surface area contributed by atoms with Crippen molar-refractivity contribution in [2.45, 2.75) is 38.6 Å². The van der Waals surface area contributed by atoms with E-state index < -0.39 is 0 Å². The molecule has 7 nitrogen and oxygen atoms in total. The number of fused-ring (bicyclic) bond motifs is 2. The molecule has 142 valence electrons. The van der Waals surface area contributed by atoms with Crippen molar-refractivity contribution in [3.8, 4) is 0 Å². The Morgan fingerprint density at radius 1 is 0.963 bits per heavy atom. The van der Waals surface area contributed by atoms with Gasteiger partial charge in [0.1, 0.15) is 5.82 Å². The molecular formula is C20H27N7. The molecule has 27 heavy (non-hydrogen) atoms. The Bertz CT molecular complexity index is 831. The predicted molar refractivity (Wildman–Crippen MR) is 105 cm³/mol. The van der Waals surface area contributed by atoms with Gasteiger partial charge in [-0.15, -0.1) is 10.2 Å². The highest BCUT2D eigenvalue weighted by Crippen LogP contribution is 2.27. The lowest BCUT2D eigenvalue weighted by atomic mass is 9.95. The second-order valence-corrected chi connectivity index (χ2v) is 8.22. The number of nitrogens with zero attached hydrogens (tertiary/aromatic N) is 6. The van der Waals surface area contributed by atoms with E-state index in [-0.39, 0.29) is 0 Å². The average Bonchev–Trinajstić information content (AvgIpc) is 2.66. The van der Waals surface area contributed by atoms with Crippen LogP contribution < -0.4 is 10.2 Å². The maximum absolute atomic E-state index is 4.46. The Morgan fingerprint density at radius 2 is 1.78 bits per heavy atom. The topological polar surface area (TPSA) is 70.1 Å². The smallest absolute Gasteiger partial charge is 0.151 e. The predicted octanol–water partition coefficient (Wildman–Crippen LogP) is 1.68.